The van der Waals surface area contributed by atoms with E-state index in [1.807, 2.05) is 43.6 Å². The van der Waals surface area contributed by atoms with Gasteiger partial charge in [0.1, 0.15) is 11.5 Å². The van der Waals surface area contributed by atoms with Crippen LogP contribution in [0.25, 0.3) is 21.5 Å². The zero-order valence-corrected chi connectivity index (χ0v) is 16.9. The number of aromatic nitrogens is 4. The predicted molar refractivity (Wildman–Crippen MR) is 116 cm³/mol. The van der Waals surface area contributed by atoms with Crippen LogP contribution in [0.2, 0.25) is 0 Å². The van der Waals surface area contributed by atoms with Gasteiger partial charge in [-0.15, -0.1) is 0 Å². The highest BCUT2D eigenvalue weighted by Gasteiger charge is 2.15. The molecule has 0 radical (unpaired) electrons. The summed E-state index contributed by atoms with van der Waals surface area (Å²) in [7, 11) is 1.89. The van der Waals surface area contributed by atoms with Gasteiger partial charge in [-0.3, -0.25) is 9.67 Å². The first-order chi connectivity index (χ1) is 14.2. The van der Waals surface area contributed by atoms with Crippen molar-refractivity contribution in [2.24, 2.45) is 7.05 Å². The molecule has 4 heterocycles. The fourth-order valence-electron chi connectivity index (χ4n) is 3.50. The highest BCUT2D eigenvalue weighted by molar-refractivity contribution is 7.22. The molecule has 0 amide bonds. The van der Waals surface area contributed by atoms with Crippen LogP contribution in [0.4, 0.5) is 5.13 Å². The Kier molecular flexibility index (Phi) is 4.87. The highest BCUT2D eigenvalue weighted by Crippen LogP contribution is 2.32. The average molecular weight is 407 g/mol. The zero-order chi connectivity index (χ0) is 19.6. The van der Waals surface area contributed by atoms with Crippen LogP contribution < -0.4 is 15.4 Å². The minimum absolute atomic E-state index is 0.447. The third-order valence-electron chi connectivity index (χ3n) is 4.95. The second-order valence-corrected chi connectivity index (χ2v) is 8.25. The number of aryl methyl sites for hydroxylation is 1. The van der Waals surface area contributed by atoms with E-state index in [1.54, 1.807) is 28.4 Å². The maximum absolute atomic E-state index is 6.10. The molecule has 0 saturated carbocycles. The van der Waals surface area contributed by atoms with E-state index in [4.69, 9.17) is 9.72 Å². The van der Waals surface area contributed by atoms with Gasteiger partial charge in [-0.2, -0.15) is 5.10 Å². The Bertz CT molecular complexity index is 1130. The topological polar surface area (TPSA) is 76.9 Å². The first-order valence-corrected chi connectivity index (χ1v) is 10.6. The van der Waals surface area contributed by atoms with Crippen LogP contribution in [-0.2, 0) is 7.05 Å². The number of nitrogens with one attached hydrogen (secondary N) is 2. The quantitative estimate of drug-likeness (QED) is 0.521. The number of pyridine rings is 1. The summed E-state index contributed by atoms with van der Waals surface area (Å²) in [6, 6.07) is 10.2. The molecule has 1 saturated heterocycles. The van der Waals surface area contributed by atoms with Crippen LogP contribution in [0, 0.1) is 0 Å². The molecule has 0 bridgehead atoms. The average Bonchev–Trinajstić information content (AvgIpc) is 3.34. The molecule has 8 heteroatoms. The van der Waals surface area contributed by atoms with E-state index in [-0.39, 0.29) is 0 Å². The summed E-state index contributed by atoms with van der Waals surface area (Å²) < 4.78 is 8.96. The van der Waals surface area contributed by atoms with Gasteiger partial charge in [0.25, 0.3) is 0 Å². The molecular formula is C21H22N6OS. The molecule has 5 rings (SSSR count). The van der Waals surface area contributed by atoms with Crippen molar-refractivity contribution in [2.45, 2.75) is 18.9 Å². The van der Waals surface area contributed by atoms with E-state index in [2.05, 4.69) is 20.7 Å². The van der Waals surface area contributed by atoms with Crippen LogP contribution in [0.1, 0.15) is 12.8 Å². The summed E-state index contributed by atoms with van der Waals surface area (Å²) in [4.78, 5) is 9.13. The largest absolute Gasteiger partial charge is 0.457 e. The van der Waals surface area contributed by atoms with Crippen LogP contribution in [-0.4, -0.2) is 38.9 Å². The molecule has 1 aliphatic heterocycles. The van der Waals surface area contributed by atoms with Crippen molar-refractivity contribution in [3.05, 3.63) is 48.9 Å². The van der Waals surface area contributed by atoms with Gasteiger partial charge in [0.15, 0.2) is 5.13 Å². The molecule has 1 aliphatic rings. The summed E-state index contributed by atoms with van der Waals surface area (Å²) in [5.41, 5.74) is 2.78. The minimum Gasteiger partial charge on any atom is -0.457 e. The van der Waals surface area contributed by atoms with Crippen molar-refractivity contribution in [1.29, 1.82) is 0 Å². The molecule has 0 aliphatic carbocycles. The molecule has 1 fully saturated rings. The van der Waals surface area contributed by atoms with E-state index in [0.717, 1.165) is 51.2 Å². The zero-order valence-electron chi connectivity index (χ0n) is 16.1. The number of fused-ring (bicyclic) bond motifs is 1. The summed E-state index contributed by atoms with van der Waals surface area (Å²) in [5.74, 6) is 1.53. The lowest BCUT2D eigenvalue weighted by Gasteiger charge is -2.23. The smallest absolute Gasteiger partial charge is 0.184 e. The molecule has 0 unspecified atom stereocenters. The number of piperidine rings is 1. The Morgan fingerprint density at radius 2 is 2.17 bits per heavy atom. The highest BCUT2D eigenvalue weighted by atomic mass is 32.1. The Labute approximate surface area is 172 Å². The van der Waals surface area contributed by atoms with Crippen LogP contribution >= 0.6 is 11.3 Å². The monoisotopic (exact) mass is 406 g/mol. The Hall–Kier alpha value is -2.97. The first kappa shape index (κ1) is 18.1. The van der Waals surface area contributed by atoms with E-state index in [9.17, 15) is 0 Å². The fraction of sp³-hybridized carbons (Fsp3) is 0.286. The predicted octanol–water partition coefficient (Wildman–Crippen LogP) is 4.05. The standard InChI is InChI=1S/C21H22N6OS/c1-27-13-14(11-24-27)19-9-17(6-8-23-19)28-16-4-5-18-20(10-16)29-21(26-18)25-15-3-2-7-22-12-15/h4-6,8-11,13,15,22H,2-3,7,12H2,1H3,(H,25,26)/t15-/m0/s1. The molecule has 148 valence electrons. The second-order valence-electron chi connectivity index (χ2n) is 7.22. The lowest BCUT2D eigenvalue weighted by atomic mass is 10.1. The Morgan fingerprint density at radius 3 is 3.00 bits per heavy atom. The van der Waals surface area contributed by atoms with Crippen LogP contribution in [0.5, 0.6) is 11.5 Å². The molecule has 3 aromatic heterocycles. The van der Waals surface area contributed by atoms with Gasteiger partial charge in [-0.1, -0.05) is 11.3 Å². The summed E-state index contributed by atoms with van der Waals surface area (Å²) in [6.07, 6.45) is 7.87. The van der Waals surface area contributed by atoms with Crippen molar-refractivity contribution in [1.82, 2.24) is 25.1 Å². The lowest BCUT2D eigenvalue weighted by Crippen LogP contribution is -2.38. The molecule has 0 spiro atoms. The van der Waals surface area contributed by atoms with Crippen LogP contribution in [0.15, 0.2) is 48.9 Å². The second kappa shape index (κ2) is 7.81. The molecular weight excluding hydrogens is 384 g/mol. The van der Waals surface area contributed by atoms with Crippen molar-refractivity contribution < 1.29 is 4.74 Å². The van der Waals surface area contributed by atoms with E-state index < -0.39 is 0 Å². The van der Waals surface area contributed by atoms with Crippen molar-refractivity contribution >= 4 is 26.7 Å². The van der Waals surface area contributed by atoms with Gasteiger partial charge < -0.3 is 15.4 Å². The number of hydrogen-bond donors (Lipinski definition) is 2. The van der Waals surface area contributed by atoms with Gasteiger partial charge >= 0.3 is 0 Å². The normalized spacial score (nSPS) is 16.8. The SMILES string of the molecule is Cn1cc(-c2cc(Oc3ccc4nc(N[C@H]5CCCNC5)sc4c3)ccn2)cn1. The number of rotatable bonds is 5. The van der Waals surface area contributed by atoms with Crippen LogP contribution in [0.3, 0.4) is 0 Å². The maximum Gasteiger partial charge on any atom is 0.184 e. The third kappa shape index (κ3) is 4.08. The number of nitrogens with zero attached hydrogens (tertiary/aromatic N) is 4. The Morgan fingerprint density at radius 1 is 1.24 bits per heavy atom. The molecule has 1 aromatic carbocycles. The Balaban J connectivity index is 1.34. The molecule has 2 N–H and O–H groups in total. The van der Waals surface area contributed by atoms with Crippen molar-refractivity contribution in [3.8, 4) is 22.8 Å². The molecule has 7 nitrogen and oxygen atoms in total. The summed E-state index contributed by atoms with van der Waals surface area (Å²) >= 11 is 1.67. The van der Waals surface area contributed by atoms with Gasteiger partial charge in [0, 0.05) is 49.7 Å². The van der Waals surface area contributed by atoms with E-state index in [0.29, 0.717) is 6.04 Å². The summed E-state index contributed by atoms with van der Waals surface area (Å²) in [6.45, 7) is 2.10. The van der Waals surface area contributed by atoms with Crippen molar-refractivity contribution in [3.63, 3.8) is 0 Å². The first-order valence-electron chi connectivity index (χ1n) is 9.74. The number of hydrogen-bond acceptors (Lipinski definition) is 7. The number of ether oxygens (including phenoxy) is 1. The molecule has 4 aromatic rings. The number of thiazole rings is 1. The molecule has 1 atom stereocenters. The van der Waals surface area contributed by atoms with Crippen molar-refractivity contribution in [2.75, 3.05) is 18.4 Å². The van der Waals surface area contributed by atoms with Gasteiger partial charge in [0.05, 0.1) is 22.1 Å². The van der Waals surface area contributed by atoms with Gasteiger partial charge in [0.2, 0.25) is 0 Å². The van der Waals surface area contributed by atoms with Gasteiger partial charge in [-0.25, -0.2) is 4.98 Å². The lowest BCUT2D eigenvalue weighted by molar-refractivity contribution is 0.480. The third-order valence-corrected chi connectivity index (χ3v) is 5.90. The summed E-state index contributed by atoms with van der Waals surface area (Å²) in [5, 5.41) is 12.2. The van der Waals surface area contributed by atoms with Gasteiger partial charge in [-0.05, 0) is 37.6 Å². The fourth-order valence-corrected chi connectivity index (χ4v) is 4.47. The number of benzene rings is 1. The number of anilines is 1. The maximum atomic E-state index is 6.10. The van der Waals surface area contributed by atoms with E-state index in [1.165, 1.54) is 12.8 Å². The van der Waals surface area contributed by atoms with E-state index >= 15 is 0 Å². The minimum atomic E-state index is 0.447. The molecule has 29 heavy (non-hydrogen) atoms.